The highest BCUT2D eigenvalue weighted by Crippen LogP contribution is 2.20. The molecule has 3 saturated heterocycles. The molecule has 0 aromatic heterocycles. The van der Waals surface area contributed by atoms with E-state index in [0.29, 0.717) is 13.1 Å². The summed E-state index contributed by atoms with van der Waals surface area (Å²) >= 11 is 0. The second-order valence-corrected chi connectivity index (χ2v) is 6.64. The number of amides is 3. The molecule has 0 bridgehead atoms. The molecule has 2 atom stereocenters. The van der Waals surface area contributed by atoms with E-state index in [4.69, 9.17) is 4.74 Å². The molecule has 0 unspecified atom stereocenters. The number of likely N-dealkylation sites (tertiary alicyclic amines) is 2. The van der Waals surface area contributed by atoms with Crippen LogP contribution in [-0.2, 0) is 9.53 Å². The van der Waals surface area contributed by atoms with Crippen molar-refractivity contribution in [1.29, 1.82) is 0 Å². The molecule has 3 aliphatic heterocycles. The average Bonchev–Trinajstić information content (AvgIpc) is 3.25. The van der Waals surface area contributed by atoms with Crippen LogP contribution in [0.5, 0.6) is 0 Å². The number of carbonyl (C=O) groups excluding carboxylic acids is 2. The summed E-state index contributed by atoms with van der Waals surface area (Å²) in [7, 11) is 0. The van der Waals surface area contributed by atoms with Crippen molar-refractivity contribution >= 4 is 11.9 Å². The zero-order valence-electron chi connectivity index (χ0n) is 13.3. The van der Waals surface area contributed by atoms with Gasteiger partial charge in [0, 0.05) is 39.3 Å². The van der Waals surface area contributed by atoms with Crippen molar-refractivity contribution < 1.29 is 14.3 Å². The highest BCUT2D eigenvalue weighted by molar-refractivity contribution is 5.81. The van der Waals surface area contributed by atoms with Gasteiger partial charge >= 0.3 is 6.03 Å². The third-order valence-corrected chi connectivity index (χ3v) is 4.97. The molecule has 0 saturated carbocycles. The number of hydrogen-bond donors (Lipinski definition) is 1. The van der Waals surface area contributed by atoms with Crippen LogP contribution < -0.4 is 5.32 Å². The molecule has 3 heterocycles. The lowest BCUT2D eigenvalue weighted by atomic mass is 9.97. The Morgan fingerprint density at radius 1 is 1.00 bits per heavy atom. The van der Waals surface area contributed by atoms with Crippen molar-refractivity contribution in [2.45, 2.75) is 44.6 Å². The summed E-state index contributed by atoms with van der Waals surface area (Å²) < 4.78 is 5.53. The largest absolute Gasteiger partial charge is 0.376 e. The van der Waals surface area contributed by atoms with Crippen LogP contribution in [0.4, 0.5) is 4.79 Å². The second kappa shape index (κ2) is 7.31. The molecule has 0 radical (unpaired) electrons. The lowest BCUT2D eigenvalue weighted by Crippen LogP contribution is -2.50. The van der Waals surface area contributed by atoms with Crippen LogP contribution in [0.2, 0.25) is 0 Å². The predicted octanol–water partition coefficient (Wildman–Crippen LogP) is 1.21. The normalized spacial score (nSPS) is 28.9. The maximum atomic E-state index is 12.4. The van der Waals surface area contributed by atoms with Gasteiger partial charge in [0.15, 0.2) is 0 Å². The number of hydrogen-bond acceptors (Lipinski definition) is 3. The Labute approximate surface area is 132 Å². The first kappa shape index (κ1) is 15.6. The number of ether oxygens (including phenoxy) is 1. The van der Waals surface area contributed by atoms with Gasteiger partial charge in [0.2, 0.25) is 5.91 Å². The van der Waals surface area contributed by atoms with Crippen LogP contribution in [0.15, 0.2) is 0 Å². The van der Waals surface area contributed by atoms with Crippen LogP contribution in [0.1, 0.15) is 38.5 Å². The SMILES string of the molecule is O=C(NC[C@@H]1CCCO1)[C@@H]1CCCN(C(=O)N2CCCC2)C1. The first-order valence-corrected chi connectivity index (χ1v) is 8.67. The van der Waals surface area contributed by atoms with Crippen molar-refractivity contribution in [3.63, 3.8) is 0 Å². The van der Waals surface area contributed by atoms with Gasteiger partial charge in [-0.15, -0.1) is 0 Å². The van der Waals surface area contributed by atoms with E-state index in [1.165, 1.54) is 0 Å². The number of piperidine rings is 1. The number of carbonyl (C=O) groups is 2. The van der Waals surface area contributed by atoms with E-state index in [-0.39, 0.29) is 24.0 Å². The number of urea groups is 1. The minimum Gasteiger partial charge on any atom is -0.376 e. The Bertz CT molecular complexity index is 403. The van der Waals surface area contributed by atoms with Gasteiger partial charge in [-0.05, 0) is 38.5 Å². The number of nitrogens with zero attached hydrogens (tertiary/aromatic N) is 2. The zero-order valence-corrected chi connectivity index (χ0v) is 13.3. The fraction of sp³-hybridized carbons (Fsp3) is 0.875. The maximum absolute atomic E-state index is 12.4. The third kappa shape index (κ3) is 3.72. The van der Waals surface area contributed by atoms with E-state index in [1.54, 1.807) is 0 Å². The van der Waals surface area contributed by atoms with E-state index >= 15 is 0 Å². The molecule has 6 heteroatoms. The predicted molar refractivity (Wildman–Crippen MR) is 82.5 cm³/mol. The molecule has 3 aliphatic rings. The standard InChI is InChI=1S/C16H27N3O3/c20-15(17-11-14-6-4-10-22-14)13-5-3-9-19(12-13)16(21)18-7-1-2-8-18/h13-14H,1-12H2,(H,17,20)/t13-,14+/m1/s1. The fourth-order valence-electron chi connectivity index (χ4n) is 3.64. The summed E-state index contributed by atoms with van der Waals surface area (Å²) in [6, 6.07) is 0.120. The lowest BCUT2D eigenvalue weighted by molar-refractivity contribution is -0.126. The fourth-order valence-corrected chi connectivity index (χ4v) is 3.64. The first-order valence-electron chi connectivity index (χ1n) is 8.67. The van der Waals surface area contributed by atoms with Gasteiger partial charge in [-0.1, -0.05) is 0 Å². The van der Waals surface area contributed by atoms with Crippen molar-refractivity contribution in [2.24, 2.45) is 5.92 Å². The molecule has 3 fully saturated rings. The number of rotatable bonds is 3. The summed E-state index contributed by atoms with van der Waals surface area (Å²) in [5, 5.41) is 3.01. The average molecular weight is 309 g/mol. The maximum Gasteiger partial charge on any atom is 0.320 e. The molecule has 3 amide bonds. The molecule has 0 spiro atoms. The van der Waals surface area contributed by atoms with Gasteiger partial charge < -0.3 is 19.9 Å². The molecule has 0 aromatic carbocycles. The topological polar surface area (TPSA) is 61.9 Å². The Morgan fingerprint density at radius 3 is 2.50 bits per heavy atom. The van der Waals surface area contributed by atoms with E-state index in [1.807, 2.05) is 9.80 Å². The summed E-state index contributed by atoms with van der Waals surface area (Å²) in [6.07, 6.45) is 6.29. The molecule has 0 aromatic rings. The summed E-state index contributed by atoms with van der Waals surface area (Å²) in [6.45, 7) is 4.49. The summed E-state index contributed by atoms with van der Waals surface area (Å²) in [5.74, 6) is 0.0103. The molecule has 3 rings (SSSR count). The third-order valence-electron chi connectivity index (χ3n) is 4.97. The monoisotopic (exact) mass is 309 g/mol. The highest BCUT2D eigenvalue weighted by atomic mass is 16.5. The van der Waals surface area contributed by atoms with Crippen molar-refractivity contribution in [1.82, 2.24) is 15.1 Å². The second-order valence-electron chi connectivity index (χ2n) is 6.64. The quantitative estimate of drug-likeness (QED) is 0.852. The van der Waals surface area contributed by atoms with E-state index < -0.39 is 0 Å². The van der Waals surface area contributed by atoms with Gasteiger partial charge in [0.25, 0.3) is 0 Å². The van der Waals surface area contributed by atoms with Gasteiger partial charge in [-0.2, -0.15) is 0 Å². The highest BCUT2D eigenvalue weighted by Gasteiger charge is 2.31. The zero-order chi connectivity index (χ0) is 15.4. The van der Waals surface area contributed by atoms with E-state index in [0.717, 1.165) is 64.8 Å². The van der Waals surface area contributed by atoms with E-state index in [9.17, 15) is 9.59 Å². The first-order chi connectivity index (χ1) is 10.7. The molecule has 22 heavy (non-hydrogen) atoms. The van der Waals surface area contributed by atoms with Crippen molar-refractivity contribution in [3.05, 3.63) is 0 Å². The van der Waals surface area contributed by atoms with E-state index in [2.05, 4.69) is 5.32 Å². The molecule has 1 N–H and O–H groups in total. The molecular formula is C16H27N3O3. The minimum absolute atomic E-state index is 0.0679. The molecular weight excluding hydrogens is 282 g/mol. The van der Waals surface area contributed by atoms with Gasteiger partial charge in [0.1, 0.15) is 0 Å². The van der Waals surface area contributed by atoms with Crippen molar-refractivity contribution in [3.8, 4) is 0 Å². The van der Waals surface area contributed by atoms with Crippen molar-refractivity contribution in [2.75, 3.05) is 39.3 Å². The Balaban J connectivity index is 1.46. The van der Waals surface area contributed by atoms with Crippen LogP contribution >= 0.6 is 0 Å². The van der Waals surface area contributed by atoms with Crippen LogP contribution in [-0.4, -0.2) is 67.2 Å². The minimum atomic E-state index is -0.0679. The van der Waals surface area contributed by atoms with Gasteiger partial charge in [-0.3, -0.25) is 4.79 Å². The Kier molecular flexibility index (Phi) is 5.18. The summed E-state index contributed by atoms with van der Waals surface area (Å²) in [4.78, 5) is 28.6. The smallest absolute Gasteiger partial charge is 0.320 e. The Morgan fingerprint density at radius 2 is 1.77 bits per heavy atom. The van der Waals surface area contributed by atoms with Crippen LogP contribution in [0, 0.1) is 5.92 Å². The molecule has 0 aliphatic carbocycles. The van der Waals surface area contributed by atoms with Crippen LogP contribution in [0.3, 0.4) is 0 Å². The lowest BCUT2D eigenvalue weighted by Gasteiger charge is -2.34. The van der Waals surface area contributed by atoms with Gasteiger partial charge in [-0.25, -0.2) is 4.79 Å². The Hall–Kier alpha value is -1.30. The van der Waals surface area contributed by atoms with Gasteiger partial charge in [0.05, 0.1) is 12.0 Å². The summed E-state index contributed by atoms with van der Waals surface area (Å²) in [5.41, 5.74) is 0. The molecule has 124 valence electrons. The molecule has 6 nitrogen and oxygen atoms in total. The number of nitrogens with one attached hydrogen (secondary N) is 1. The van der Waals surface area contributed by atoms with Crippen LogP contribution in [0.25, 0.3) is 0 Å².